The molecule has 0 saturated heterocycles. The Morgan fingerprint density at radius 1 is 1.08 bits per heavy atom. The molecule has 2 aromatic carbocycles. The second-order valence-electron chi connectivity index (χ2n) is 5.40. The average molecular weight is 362 g/mol. The van der Waals surface area contributed by atoms with Gasteiger partial charge >= 0.3 is 0 Å². The van der Waals surface area contributed by atoms with Crippen LogP contribution in [-0.2, 0) is 10.0 Å². The molecule has 2 heterocycles. The lowest BCUT2D eigenvalue weighted by Gasteiger charge is -2.17. The van der Waals surface area contributed by atoms with Gasteiger partial charge < -0.3 is 9.47 Å². The highest BCUT2D eigenvalue weighted by atomic mass is 32.2. The predicted octanol–water partition coefficient (Wildman–Crippen LogP) is 3.18. The second-order valence-corrected chi connectivity index (χ2v) is 8.11. The van der Waals surface area contributed by atoms with Gasteiger partial charge in [0.25, 0.3) is 10.0 Å². The third kappa shape index (κ3) is 2.78. The van der Waals surface area contributed by atoms with Gasteiger partial charge in [-0.1, -0.05) is 29.0 Å². The van der Waals surface area contributed by atoms with Crippen LogP contribution in [0, 0.1) is 6.92 Å². The molecule has 0 unspecified atom stereocenters. The maximum atomic E-state index is 12.5. The van der Waals surface area contributed by atoms with Crippen LogP contribution in [0.25, 0.3) is 10.2 Å². The van der Waals surface area contributed by atoms with Crippen molar-refractivity contribution in [1.82, 2.24) is 4.98 Å². The van der Waals surface area contributed by atoms with Crippen molar-refractivity contribution < 1.29 is 17.9 Å². The van der Waals surface area contributed by atoms with Crippen molar-refractivity contribution in [2.24, 2.45) is 0 Å². The van der Waals surface area contributed by atoms with Gasteiger partial charge in [-0.3, -0.25) is 4.72 Å². The molecule has 1 aliphatic heterocycles. The zero-order chi connectivity index (χ0) is 16.7. The summed E-state index contributed by atoms with van der Waals surface area (Å²) in [5, 5.41) is 0.313. The fourth-order valence-electron chi connectivity index (χ4n) is 2.40. The van der Waals surface area contributed by atoms with Crippen LogP contribution < -0.4 is 14.2 Å². The monoisotopic (exact) mass is 362 g/mol. The minimum Gasteiger partial charge on any atom is -0.486 e. The van der Waals surface area contributed by atoms with Gasteiger partial charge in [-0.2, -0.15) is 0 Å². The minimum absolute atomic E-state index is 0.207. The molecule has 0 radical (unpaired) electrons. The lowest BCUT2D eigenvalue weighted by atomic mass is 10.2. The molecule has 1 N–H and O–H groups in total. The van der Waals surface area contributed by atoms with E-state index in [4.69, 9.17) is 9.47 Å². The van der Waals surface area contributed by atoms with Crippen LogP contribution in [0.4, 0.5) is 5.13 Å². The highest BCUT2D eigenvalue weighted by Crippen LogP contribution is 2.38. The molecule has 0 bridgehead atoms. The zero-order valence-electron chi connectivity index (χ0n) is 12.8. The zero-order valence-corrected chi connectivity index (χ0v) is 14.4. The largest absolute Gasteiger partial charge is 0.486 e. The maximum Gasteiger partial charge on any atom is 0.263 e. The number of rotatable bonds is 3. The Balaban J connectivity index is 1.68. The summed E-state index contributed by atoms with van der Waals surface area (Å²) in [6, 6.07) is 10.3. The van der Waals surface area contributed by atoms with E-state index in [2.05, 4.69) is 9.71 Å². The molecule has 0 amide bonds. The van der Waals surface area contributed by atoms with Gasteiger partial charge in [0.15, 0.2) is 16.6 Å². The normalized spacial score (nSPS) is 13.9. The van der Waals surface area contributed by atoms with Gasteiger partial charge in [-0.25, -0.2) is 13.4 Å². The number of nitrogens with zero attached hydrogens (tertiary/aromatic N) is 1. The van der Waals surface area contributed by atoms with Crippen molar-refractivity contribution in [3.8, 4) is 11.5 Å². The molecule has 4 rings (SSSR count). The van der Waals surface area contributed by atoms with E-state index < -0.39 is 10.0 Å². The Labute approximate surface area is 143 Å². The van der Waals surface area contributed by atoms with E-state index in [-0.39, 0.29) is 4.90 Å². The Hall–Kier alpha value is -2.32. The number of ether oxygens (including phenoxy) is 2. The Kier molecular flexibility index (Phi) is 3.58. The number of thiazole rings is 1. The number of hydrogen-bond acceptors (Lipinski definition) is 6. The highest BCUT2D eigenvalue weighted by molar-refractivity contribution is 7.93. The number of anilines is 1. The summed E-state index contributed by atoms with van der Waals surface area (Å²) in [4.78, 5) is 4.55. The van der Waals surface area contributed by atoms with E-state index in [0.29, 0.717) is 35.4 Å². The quantitative estimate of drug-likeness (QED) is 0.774. The molecule has 124 valence electrons. The van der Waals surface area contributed by atoms with Crippen LogP contribution in [0.1, 0.15) is 5.56 Å². The lowest BCUT2D eigenvalue weighted by molar-refractivity contribution is 0.172. The summed E-state index contributed by atoms with van der Waals surface area (Å²) in [5.74, 6) is 1.29. The molecule has 0 spiro atoms. The van der Waals surface area contributed by atoms with Crippen LogP contribution >= 0.6 is 11.3 Å². The van der Waals surface area contributed by atoms with E-state index in [1.54, 1.807) is 30.3 Å². The molecule has 3 aromatic rings. The third-order valence-electron chi connectivity index (χ3n) is 3.61. The van der Waals surface area contributed by atoms with E-state index in [0.717, 1.165) is 10.3 Å². The van der Waals surface area contributed by atoms with Crippen molar-refractivity contribution in [1.29, 1.82) is 0 Å². The molecule has 0 atom stereocenters. The third-order valence-corrected chi connectivity index (χ3v) is 6.02. The molecule has 8 heteroatoms. The van der Waals surface area contributed by atoms with E-state index in [9.17, 15) is 8.42 Å². The predicted molar refractivity (Wildman–Crippen MR) is 92.6 cm³/mol. The van der Waals surface area contributed by atoms with Crippen LogP contribution in [0.2, 0.25) is 0 Å². The Morgan fingerprint density at radius 3 is 2.46 bits per heavy atom. The fourth-order valence-corrected chi connectivity index (χ4v) is 4.51. The fraction of sp³-hybridized carbons (Fsp3) is 0.188. The summed E-state index contributed by atoms with van der Waals surface area (Å²) < 4.78 is 39.3. The van der Waals surface area contributed by atoms with E-state index in [1.807, 2.05) is 13.0 Å². The average Bonchev–Trinajstić information content (AvgIpc) is 2.93. The number of hydrogen-bond donors (Lipinski definition) is 1. The number of fused-ring (bicyclic) bond motifs is 2. The SMILES string of the molecule is Cc1ccc(S(=O)(=O)Nc2nc3cc4c(cc3s2)OCCO4)cc1. The van der Waals surface area contributed by atoms with Crippen molar-refractivity contribution in [2.75, 3.05) is 17.9 Å². The van der Waals surface area contributed by atoms with Gasteiger partial charge in [0.1, 0.15) is 13.2 Å². The van der Waals surface area contributed by atoms with Crippen molar-refractivity contribution in [2.45, 2.75) is 11.8 Å². The minimum atomic E-state index is -3.66. The first kappa shape index (κ1) is 15.2. The Bertz CT molecular complexity index is 967. The lowest BCUT2D eigenvalue weighted by Crippen LogP contribution is -2.15. The van der Waals surface area contributed by atoms with Gasteiger partial charge in [0, 0.05) is 12.1 Å². The van der Waals surface area contributed by atoms with E-state index >= 15 is 0 Å². The van der Waals surface area contributed by atoms with Crippen LogP contribution in [0.3, 0.4) is 0 Å². The summed E-state index contributed by atoms with van der Waals surface area (Å²) in [7, 11) is -3.66. The molecule has 6 nitrogen and oxygen atoms in total. The van der Waals surface area contributed by atoms with Gasteiger partial charge in [-0.15, -0.1) is 0 Å². The van der Waals surface area contributed by atoms with Gasteiger partial charge in [0.05, 0.1) is 15.1 Å². The van der Waals surface area contributed by atoms with Crippen LogP contribution in [0.15, 0.2) is 41.3 Å². The van der Waals surface area contributed by atoms with E-state index in [1.165, 1.54) is 11.3 Å². The number of aromatic nitrogens is 1. The maximum absolute atomic E-state index is 12.5. The summed E-state index contributed by atoms with van der Waals surface area (Å²) >= 11 is 1.26. The molecule has 1 aromatic heterocycles. The molecule has 24 heavy (non-hydrogen) atoms. The van der Waals surface area contributed by atoms with Gasteiger partial charge in [-0.05, 0) is 19.1 Å². The van der Waals surface area contributed by atoms with Crippen molar-refractivity contribution in [3.63, 3.8) is 0 Å². The smallest absolute Gasteiger partial charge is 0.263 e. The first-order valence-corrected chi connectivity index (χ1v) is 9.61. The van der Waals surface area contributed by atoms with Crippen LogP contribution in [0.5, 0.6) is 11.5 Å². The number of sulfonamides is 1. The molecule has 0 aliphatic carbocycles. The van der Waals surface area contributed by atoms with Crippen molar-refractivity contribution in [3.05, 3.63) is 42.0 Å². The number of aryl methyl sites for hydroxylation is 1. The Morgan fingerprint density at radius 2 is 1.75 bits per heavy atom. The first-order valence-electron chi connectivity index (χ1n) is 7.31. The molecule has 1 aliphatic rings. The summed E-state index contributed by atoms with van der Waals surface area (Å²) in [5.41, 5.74) is 1.67. The molecule has 0 saturated carbocycles. The summed E-state index contributed by atoms with van der Waals surface area (Å²) in [6.45, 7) is 2.91. The van der Waals surface area contributed by atoms with Crippen molar-refractivity contribution >= 4 is 36.7 Å². The standard InChI is InChI=1S/C16H14N2O4S2/c1-10-2-4-11(5-3-10)24(19,20)18-16-17-12-8-13-14(9-15(12)23-16)22-7-6-21-13/h2-5,8-9H,6-7H2,1H3,(H,17,18). The van der Waals surface area contributed by atoms with Crippen LogP contribution in [-0.4, -0.2) is 26.6 Å². The first-order chi connectivity index (χ1) is 11.5. The van der Waals surface area contributed by atoms with Gasteiger partial charge in [0.2, 0.25) is 0 Å². The topological polar surface area (TPSA) is 77.5 Å². The highest BCUT2D eigenvalue weighted by Gasteiger charge is 2.19. The number of nitrogens with one attached hydrogen (secondary N) is 1. The number of benzene rings is 2. The summed E-state index contributed by atoms with van der Waals surface area (Å²) in [6.07, 6.45) is 0. The second kappa shape index (κ2) is 5.64. The molecule has 0 fully saturated rings. The molecular weight excluding hydrogens is 348 g/mol. The molecular formula is C16H14N2O4S2.